The van der Waals surface area contributed by atoms with Crippen LogP contribution in [-0.2, 0) is 0 Å². The maximum atomic E-state index is 2.46. The third kappa shape index (κ3) is 1.66. The van der Waals surface area contributed by atoms with Gasteiger partial charge in [0.25, 0.3) is 0 Å². The molecule has 1 heterocycles. The van der Waals surface area contributed by atoms with E-state index >= 15 is 0 Å². The van der Waals surface area contributed by atoms with Gasteiger partial charge in [-0.15, -0.1) is 0 Å². The van der Waals surface area contributed by atoms with E-state index in [1.54, 1.807) is 0 Å². The molecule has 1 fully saturated rings. The Bertz CT molecular complexity index is 152. The van der Waals surface area contributed by atoms with Crippen LogP contribution in [0.15, 0.2) is 0 Å². The third-order valence-corrected chi connectivity index (χ3v) is 3.70. The van der Waals surface area contributed by atoms with E-state index in [9.17, 15) is 0 Å². The van der Waals surface area contributed by atoms with Crippen molar-refractivity contribution in [3.05, 3.63) is 0 Å². The molecule has 0 saturated carbocycles. The summed E-state index contributed by atoms with van der Waals surface area (Å²) in [5.74, 6) is 0.807. The van der Waals surface area contributed by atoms with Crippen molar-refractivity contribution in [2.45, 2.75) is 34.6 Å². The van der Waals surface area contributed by atoms with Crippen LogP contribution in [0.4, 0.5) is 0 Å². The van der Waals surface area contributed by atoms with Crippen LogP contribution in [-0.4, -0.2) is 25.0 Å². The lowest BCUT2D eigenvalue weighted by molar-refractivity contribution is -0.0210. The normalized spacial score (nSPS) is 30.5. The summed E-state index contributed by atoms with van der Waals surface area (Å²) in [6, 6.07) is 0. The molecule has 0 aromatic rings. The summed E-state index contributed by atoms with van der Waals surface area (Å²) in [7, 11) is 2.23. The van der Waals surface area contributed by atoms with Crippen LogP contribution in [0.1, 0.15) is 34.6 Å². The van der Waals surface area contributed by atoms with Gasteiger partial charge in [-0.2, -0.15) is 0 Å². The summed E-state index contributed by atoms with van der Waals surface area (Å²) in [5, 5.41) is 0. The van der Waals surface area contributed by atoms with E-state index in [1.807, 2.05) is 0 Å². The highest BCUT2D eigenvalue weighted by atomic mass is 15.1. The Hall–Kier alpha value is -0.0400. The first kappa shape index (κ1) is 10.0. The lowest BCUT2D eigenvalue weighted by Crippen LogP contribution is -2.52. The second-order valence-electron chi connectivity index (χ2n) is 5.87. The van der Waals surface area contributed by atoms with Crippen LogP contribution in [0.2, 0.25) is 0 Å². The summed E-state index contributed by atoms with van der Waals surface area (Å²) in [6.45, 7) is 14.4. The van der Waals surface area contributed by atoms with Gasteiger partial charge >= 0.3 is 0 Å². The number of nitrogens with zero attached hydrogens (tertiary/aromatic N) is 1. The topological polar surface area (TPSA) is 3.24 Å². The van der Waals surface area contributed by atoms with Crippen LogP contribution in [0.3, 0.4) is 0 Å². The molecule has 1 aliphatic rings. The largest absolute Gasteiger partial charge is 0.305 e. The number of rotatable bonds is 0. The Morgan fingerprint density at radius 3 is 1.67 bits per heavy atom. The number of piperidine rings is 1. The van der Waals surface area contributed by atoms with E-state index in [1.165, 1.54) is 13.1 Å². The van der Waals surface area contributed by atoms with Gasteiger partial charge in [0.2, 0.25) is 0 Å². The van der Waals surface area contributed by atoms with E-state index in [0.29, 0.717) is 10.8 Å². The van der Waals surface area contributed by atoms with Gasteiger partial charge in [0, 0.05) is 13.1 Å². The molecule has 0 N–H and O–H groups in total. The first-order valence-electron chi connectivity index (χ1n) is 4.94. The lowest BCUT2D eigenvalue weighted by atomic mass is 9.63. The molecule has 0 aromatic carbocycles. The fourth-order valence-corrected chi connectivity index (χ4v) is 2.78. The van der Waals surface area contributed by atoms with Gasteiger partial charge in [0.1, 0.15) is 0 Å². The highest BCUT2D eigenvalue weighted by Gasteiger charge is 2.42. The molecule has 12 heavy (non-hydrogen) atoms. The molecular weight excluding hydrogens is 146 g/mol. The van der Waals surface area contributed by atoms with E-state index in [-0.39, 0.29) is 0 Å². The monoisotopic (exact) mass is 169 g/mol. The van der Waals surface area contributed by atoms with Crippen molar-refractivity contribution in [2.75, 3.05) is 20.1 Å². The van der Waals surface area contributed by atoms with Crippen LogP contribution in [0.25, 0.3) is 0 Å². The minimum absolute atomic E-state index is 0.469. The van der Waals surface area contributed by atoms with E-state index in [4.69, 9.17) is 0 Å². The molecule has 1 heteroatoms. The third-order valence-electron chi connectivity index (χ3n) is 3.70. The highest BCUT2D eigenvalue weighted by Crippen LogP contribution is 2.44. The summed E-state index contributed by atoms with van der Waals surface area (Å²) in [6.07, 6.45) is 0. The van der Waals surface area contributed by atoms with E-state index in [2.05, 4.69) is 46.6 Å². The predicted molar refractivity (Wildman–Crippen MR) is 54.2 cm³/mol. The Morgan fingerprint density at radius 1 is 1.00 bits per heavy atom. The van der Waals surface area contributed by atoms with Crippen molar-refractivity contribution in [3.63, 3.8) is 0 Å². The van der Waals surface area contributed by atoms with Crippen LogP contribution < -0.4 is 0 Å². The standard InChI is InChI=1S/C11H23N/c1-9-10(2,3)7-12(6)8-11(9,4)5/h9H,7-8H2,1-6H3. The van der Waals surface area contributed by atoms with Gasteiger partial charge in [-0.25, -0.2) is 0 Å². The van der Waals surface area contributed by atoms with E-state index in [0.717, 1.165) is 5.92 Å². The highest BCUT2D eigenvalue weighted by molar-refractivity contribution is 4.93. The fraction of sp³-hybridized carbons (Fsp3) is 1.00. The number of hydrogen-bond donors (Lipinski definition) is 0. The quantitative estimate of drug-likeness (QED) is 0.539. The molecule has 72 valence electrons. The van der Waals surface area contributed by atoms with Gasteiger partial charge in [-0.3, -0.25) is 0 Å². The molecule has 0 amide bonds. The summed E-state index contributed by atoms with van der Waals surface area (Å²) in [4.78, 5) is 2.46. The summed E-state index contributed by atoms with van der Waals surface area (Å²) in [5.41, 5.74) is 0.938. The SMILES string of the molecule is CC1C(C)(C)CN(C)CC1(C)C. The Morgan fingerprint density at radius 2 is 1.33 bits per heavy atom. The maximum absolute atomic E-state index is 2.46. The minimum atomic E-state index is 0.469. The molecule has 0 radical (unpaired) electrons. The lowest BCUT2D eigenvalue weighted by Gasteiger charge is -2.51. The van der Waals surface area contributed by atoms with Crippen LogP contribution >= 0.6 is 0 Å². The van der Waals surface area contributed by atoms with Crippen molar-refractivity contribution in [1.29, 1.82) is 0 Å². The van der Waals surface area contributed by atoms with Gasteiger partial charge in [-0.05, 0) is 23.8 Å². The Balaban J connectivity index is 2.84. The molecule has 1 aliphatic heterocycles. The molecule has 1 nitrogen and oxygen atoms in total. The molecule has 0 spiro atoms. The second-order valence-corrected chi connectivity index (χ2v) is 5.87. The summed E-state index contributed by atoms with van der Waals surface area (Å²) < 4.78 is 0. The first-order valence-corrected chi connectivity index (χ1v) is 4.94. The molecular formula is C11H23N. The Labute approximate surface area is 77.1 Å². The summed E-state index contributed by atoms with van der Waals surface area (Å²) >= 11 is 0. The van der Waals surface area contributed by atoms with Gasteiger partial charge in [-0.1, -0.05) is 34.6 Å². The Kier molecular flexibility index (Phi) is 2.28. The first-order chi connectivity index (χ1) is 5.26. The van der Waals surface area contributed by atoms with Crippen molar-refractivity contribution in [3.8, 4) is 0 Å². The van der Waals surface area contributed by atoms with Crippen LogP contribution in [0, 0.1) is 16.7 Å². The van der Waals surface area contributed by atoms with E-state index < -0.39 is 0 Å². The van der Waals surface area contributed by atoms with Crippen molar-refractivity contribution in [2.24, 2.45) is 16.7 Å². The molecule has 0 unspecified atom stereocenters. The van der Waals surface area contributed by atoms with Crippen LogP contribution in [0.5, 0.6) is 0 Å². The fourth-order valence-electron chi connectivity index (χ4n) is 2.78. The second kappa shape index (κ2) is 2.73. The van der Waals surface area contributed by atoms with Gasteiger partial charge in [0.05, 0.1) is 0 Å². The number of likely N-dealkylation sites (tertiary alicyclic amines) is 1. The van der Waals surface area contributed by atoms with Crippen molar-refractivity contribution >= 4 is 0 Å². The molecule has 1 saturated heterocycles. The van der Waals surface area contributed by atoms with Crippen molar-refractivity contribution < 1.29 is 0 Å². The van der Waals surface area contributed by atoms with Gasteiger partial charge in [0.15, 0.2) is 0 Å². The average Bonchev–Trinajstić information content (AvgIpc) is 1.80. The average molecular weight is 169 g/mol. The predicted octanol–water partition coefficient (Wildman–Crippen LogP) is 2.62. The van der Waals surface area contributed by atoms with Gasteiger partial charge < -0.3 is 4.90 Å². The zero-order chi connectivity index (χ0) is 9.57. The molecule has 0 aliphatic carbocycles. The smallest absolute Gasteiger partial charge is 0.00326 e. The molecule has 0 atom stereocenters. The maximum Gasteiger partial charge on any atom is 0.00326 e. The molecule has 0 aromatic heterocycles. The number of hydrogen-bond acceptors (Lipinski definition) is 1. The molecule has 0 bridgehead atoms. The van der Waals surface area contributed by atoms with Crippen molar-refractivity contribution in [1.82, 2.24) is 4.90 Å². The zero-order valence-electron chi connectivity index (χ0n) is 9.44. The molecule has 1 rings (SSSR count). The zero-order valence-corrected chi connectivity index (χ0v) is 9.44. The minimum Gasteiger partial charge on any atom is -0.305 e.